The molecule has 0 radical (unpaired) electrons. The lowest BCUT2D eigenvalue weighted by molar-refractivity contribution is -0.186. The van der Waals surface area contributed by atoms with Crippen LogP contribution >= 0.6 is 0 Å². The molecule has 0 aromatic rings. The van der Waals surface area contributed by atoms with E-state index in [2.05, 4.69) is 10.2 Å². The quantitative estimate of drug-likeness (QED) is 0.843. The van der Waals surface area contributed by atoms with Gasteiger partial charge in [-0.15, -0.1) is 0 Å². The number of rotatable bonds is 3. The zero-order valence-corrected chi connectivity index (χ0v) is 11.0. The molecule has 0 bridgehead atoms. The van der Waals surface area contributed by atoms with Gasteiger partial charge in [-0.3, -0.25) is 0 Å². The predicted molar refractivity (Wildman–Crippen MR) is 65.5 cm³/mol. The highest BCUT2D eigenvalue weighted by Crippen LogP contribution is 2.38. The van der Waals surface area contributed by atoms with Gasteiger partial charge in [0.2, 0.25) is 0 Å². The van der Waals surface area contributed by atoms with Crippen LogP contribution in [0.1, 0.15) is 38.5 Å². The lowest BCUT2D eigenvalue weighted by Crippen LogP contribution is -2.44. The molecule has 0 spiro atoms. The Morgan fingerprint density at radius 3 is 2.56 bits per heavy atom. The van der Waals surface area contributed by atoms with Gasteiger partial charge in [-0.1, -0.05) is 6.42 Å². The molecule has 1 saturated heterocycles. The molecule has 106 valence electrons. The van der Waals surface area contributed by atoms with Crippen molar-refractivity contribution in [1.29, 1.82) is 0 Å². The molecule has 1 N–H and O–H groups in total. The molecule has 2 aliphatic rings. The third-order valence-corrected chi connectivity index (χ3v) is 4.40. The molecule has 3 atom stereocenters. The molecule has 1 aliphatic heterocycles. The summed E-state index contributed by atoms with van der Waals surface area (Å²) in [4.78, 5) is 2.14. The van der Waals surface area contributed by atoms with E-state index >= 15 is 0 Å². The van der Waals surface area contributed by atoms with Gasteiger partial charge < -0.3 is 10.2 Å². The Kier molecular flexibility index (Phi) is 4.54. The zero-order chi connectivity index (χ0) is 13.2. The second kappa shape index (κ2) is 5.78. The minimum absolute atomic E-state index is 0.104. The summed E-state index contributed by atoms with van der Waals surface area (Å²) < 4.78 is 38.3. The molecule has 1 heterocycles. The molecule has 3 unspecified atom stereocenters. The molecule has 5 heteroatoms. The monoisotopic (exact) mass is 264 g/mol. The highest BCUT2D eigenvalue weighted by molar-refractivity contribution is 4.85. The van der Waals surface area contributed by atoms with Gasteiger partial charge in [0.05, 0.1) is 5.92 Å². The van der Waals surface area contributed by atoms with Gasteiger partial charge in [-0.2, -0.15) is 13.2 Å². The number of nitrogens with zero attached hydrogens (tertiary/aromatic N) is 1. The van der Waals surface area contributed by atoms with Crippen molar-refractivity contribution >= 4 is 0 Å². The van der Waals surface area contributed by atoms with Crippen LogP contribution in [-0.4, -0.2) is 43.3 Å². The van der Waals surface area contributed by atoms with Gasteiger partial charge in [0, 0.05) is 18.6 Å². The molecular formula is C13H23F3N2. The normalized spacial score (nSPS) is 34.2. The number of alkyl halides is 3. The van der Waals surface area contributed by atoms with Crippen molar-refractivity contribution in [2.45, 2.75) is 56.8 Å². The maximum absolute atomic E-state index is 12.8. The maximum Gasteiger partial charge on any atom is 0.391 e. The SMILES string of the molecule is CN(CC1CCCN1)C1CCCC(C(F)(F)F)C1. The van der Waals surface area contributed by atoms with E-state index in [-0.39, 0.29) is 12.5 Å². The first-order valence-electron chi connectivity index (χ1n) is 6.97. The van der Waals surface area contributed by atoms with E-state index in [0.717, 1.165) is 25.9 Å². The molecule has 0 aromatic heterocycles. The summed E-state index contributed by atoms with van der Waals surface area (Å²) in [6.45, 7) is 1.93. The van der Waals surface area contributed by atoms with Gasteiger partial charge in [-0.25, -0.2) is 0 Å². The molecule has 2 rings (SSSR count). The fraction of sp³-hybridized carbons (Fsp3) is 1.00. The largest absolute Gasteiger partial charge is 0.391 e. The highest BCUT2D eigenvalue weighted by Gasteiger charge is 2.42. The Hall–Kier alpha value is -0.290. The summed E-state index contributed by atoms with van der Waals surface area (Å²) in [5.41, 5.74) is 0. The summed E-state index contributed by atoms with van der Waals surface area (Å²) in [7, 11) is 1.98. The van der Waals surface area contributed by atoms with E-state index in [4.69, 9.17) is 0 Å². The summed E-state index contributed by atoms with van der Waals surface area (Å²) in [5, 5.41) is 3.40. The number of hydrogen-bond donors (Lipinski definition) is 1. The van der Waals surface area contributed by atoms with Crippen molar-refractivity contribution in [2.75, 3.05) is 20.1 Å². The van der Waals surface area contributed by atoms with Crippen LogP contribution in [0.3, 0.4) is 0 Å². The van der Waals surface area contributed by atoms with E-state index in [1.54, 1.807) is 0 Å². The molecular weight excluding hydrogens is 241 g/mol. The molecule has 2 fully saturated rings. The second-order valence-electron chi connectivity index (χ2n) is 5.79. The molecule has 2 nitrogen and oxygen atoms in total. The van der Waals surface area contributed by atoms with Gasteiger partial charge in [0.15, 0.2) is 0 Å². The van der Waals surface area contributed by atoms with Crippen molar-refractivity contribution in [3.63, 3.8) is 0 Å². The van der Waals surface area contributed by atoms with Crippen molar-refractivity contribution in [3.05, 3.63) is 0 Å². The molecule has 0 amide bonds. The summed E-state index contributed by atoms with van der Waals surface area (Å²) in [6.07, 6.45) is 0.550. The van der Waals surface area contributed by atoms with Crippen molar-refractivity contribution in [2.24, 2.45) is 5.92 Å². The molecule has 18 heavy (non-hydrogen) atoms. The van der Waals surface area contributed by atoms with E-state index < -0.39 is 12.1 Å². The summed E-state index contributed by atoms with van der Waals surface area (Å²) in [5.74, 6) is -1.09. The minimum atomic E-state index is -4.01. The third-order valence-electron chi connectivity index (χ3n) is 4.40. The van der Waals surface area contributed by atoms with Gasteiger partial charge in [-0.05, 0) is 45.7 Å². The van der Waals surface area contributed by atoms with E-state index in [9.17, 15) is 13.2 Å². The third kappa shape index (κ3) is 3.60. The lowest BCUT2D eigenvalue weighted by Gasteiger charge is -2.37. The van der Waals surface area contributed by atoms with E-state index in [1.807, 2.05) is 7.05 Å². The Labute approximate surface area is 107 Å². The molecule has 1 saturated carbocycles. The number of nitrogens with one attached hydrogen (secondary N) is 1. The fourth-order valence-electron chi connectivity index (χ4n) is 3.27. The molecule has 1 aliphatic carbocycles. The molecule has 0 aromatic carbocycles. The first-order valence-corrected chi connectivity index (χ1v) is 6.97. The van der Waals surface area contributed by atoms with E-state index in [0.29, 0.717) is 18.9 Å². The minimum Gasteiger partial charge on any atom is -0.313 e. The second-order valence-corrected chi connectivity index (χ2v) is 5.79. The Bertz CT molecular complexity index is 261. The van der Waals surface area contributed by atoms with Crippen LogP contribution in [0, 0.1) is 5.92 Å². The summed E-state index contributed by atoms with van der Waals surface area (Å²) in [6, 6.07) is 0.578. The zero-order valence-electron chi connectivity index (χ0n) is 11.0. The van der Waals surface area contributed by atoms with Crippen molar-refractivity contribution < 1.29 is 13.2 Å². The maximum atomic E-state index is 12.8. The van der Waals surface area contributed by atoms with Crippen LogP contribution in [0.4, 0.5) is 13.2 Å². The van der Waals surface area contributed by atoms with Crippen molar-refractivity contribution in [3.8, 4) is 0 Å². The van der Waals surface area contributed by atoms with Crippen LogP contribution in [0.2, 0.25) is 0 Å². The van der Waals surface area contributed by atoms with Gasteiger partial charge >= 0.3 is 6.18 Å². The van der Waals surface area contributed by atoms with Crippen LogP contribution in [0.5, 0.6) is 0 Å². The van der Waals surface area contributed by atoms with Crippen LogP contribution in [0.25, 0.3) is 0 Å². The van der Waals surface area contributed by atoms with Gasteiger partial charge in [0.25, 0.3) is 0 Å². The average molecular weight is 264 g/mol. The number of halogens is 3. The van der Waals surface area contributed by atoms with Crippen LogP contribution < -0.4 is 5.32 Å². The highest BCUT2D eigenvalue weighted by atomic mass is 19.4. The van der Waals surface area contributed by atoms with Crippen LogP contribution in [-0.2, 0) is 0 Å². The Morgan fingerprint density at radius 2 is 1.94 bits per heavy atom. The standard InChI is InChI=1S/C13H23F3N2/c1-18(9-11-5-3-7-17-11)12-6-2-4-10(8-12)13(14,15)16/h10-12,17H,2-9H2,1H3. The van der Waals surface area contributed by atoms with E-state index in [1.165, 1.54) is 6.42 Å². The topological polar surface area (TPSA) is 15.3 Å². The average Bonchev–Trinajstić information content (AvgIpc) is 2.81. The first kappa shape index (κ1) is 14.1. The lowest BCUT2D eigenvalue weighted by atomic mass is 9.84. The predicted octanol–water partition coefficient (Wildman–Crippen LogP) is 2.79. The smallest absolute Gasteiger partial charge is 0.313 e. The first-order chi connectivity index (χ1) is 8.47. The number of likely N-dealkylation sites (N-methyl/N-ethyl adjacent to an activating group) is 1. The fourth-order valence-corrected chi connectivity index (χ4v) is 3.27. The van der Waals surface area contributed by atoms with Crippen molar-refractivity contribution in [1.82, 2.24) is 10.2 Å². The summed E-state index contributed by atoms with van der Waals surface area (Å²) >= 11 is 0. The Morgan fingerprint density at radius 1 is 1.17 bits per heavy atom. The Balaban J connectivity index is 1.83. The number of hydrogen-bond acceptors (Lipinski definition) is 2. The van der Waals surface area contributed by atoms with Crippen LogP contribution in [0.15, 0.2) is 0 Å². The van der Waals surface area contributed by atoms with Gasteiger partial charge in [0.1, 0.15) is 0 Å².